The van der Waals surface area contributed by atoms with Gasteiger partial charge in [0.05, 0.1) is 5.02 Å². The van der Waals surface area contributed by atoms with E-state index in [1.807, 2.05) is 0 Å². The number of nitrogens with two attached hydrogens (primary N) is 1. The summed E-state index contributed by atoms with van der Waals surface area (Å²) in [4.78, 5) is 3.15. The molecular formula is C9H10ClF3N4O2S. The summed E-state index contributed by atoms with van der Waals surface area (Å²) in [5.41, 5.74) is -0.265. The van der Waals surface area contributed by atoms with Crippen molar-refractivity contribution in [2.75, 3.05) is 5.43 Å². The van der Waals surface area contributed by atoms with Crippen molar-refractivity contribution in [2.45, 2.75) is 29.5 Å². The number of hydrogen-bond acceptors (Lipinski definition) is 5. The summed E-state index contributed by atoms with van der Waals surface area (Å²) in [5, 5.41) is -0.118. The van der Waals surface area contributed by atoms with Crippen molar-refractivity contribution in [3.8, 4) is 0 Å². The minimum Gasteiger partial charge on any atom is -0.307 e. The van der Waals surface area contributed by atoms with Crippen molar-refractivity contribution < 1.29 is 21.6 Å². The highest BCUT2D eigenvalue weighted by molar-refractivity contribution is 7.89. The number of aromatic nitrogens is 1. The Kier molecular flexibility index (Phi) is 3.61. The SMILES string of the molecule is NNc1ncc(S(=O)(=O)NC2(C(F)(F)F)CC2)cc1Cl. The first kappa shape index (κ1) is 15.3. The molecule has 0 aliphatic heterocycles. The molecule has 1 fully saturated rings. The Labute approximate surface area is 117 Å². The summed E-state index contributed by atoms with van der Waals surface area (Å²) in [6.07, 6.45) is -4.36. The second-order valence-electron chi connectivity index (χ2n) is 4.33. The molecule has 112 valence electrons. The zero-order chi connectivity index (χ0) is 15.2. The number of hydrogen-bond donors (Lipinski definition) is 3. The standard InChI is InChI=1S/C9H10ClF3N4O2S/c10-6-3-5(4-15-7(6)16-14)20(18,19)17-8(1-2-8)9(11,12)13/h3-4,17H,1-2,14H2,(H,15,16). The Bertz CT molecular complexity index is 631. The lowest BCUT2D eigenvalue weighted by Gasteiger charge is -2.20. The Balaban J connectivity index is 2.30. The van der Waals surface area contributed by atoms with Gasteiger partial charge in [0, 0.05) is 6.20 Å². The third kappa shape index (κ3) is 2.68. The number of sulfonamides is 1. The highest BCUT2D eigenvalue weighted by Gasteiger charge is 2.65. The average Bonchev–Trinajstić information content (AvgIpc) is 3.08. The molecule has 0 bridgehead atoms. The van der Waals surface area contributed by atoms with Crippen molar-refractivity contribution in [1.82, 2.24) is 9.71 Å². The van der Waals surface area contributed by atoms with Crippen LogP contribution in [0.2, 0.25) is 5.02 Å². The minimum atomic E-state index is -4.64. The van der Waals surface area contributed by atoms with Crippen LogP contribution in [-0.4, -0.2) is 25.1 Å². The van der Waals surface area contributed by atoms with E-state index in [2.05, 4.69) is 10.4 Å². The fourth-order valence-electron chi connectivity index (χ4n) is 1.56. The van der Waals surface area contributed by atoms with Gasteiger partial charge in [0.15, 0.2) is 5.82 Å². The summed E-state index contributed by atoms with van der Waals surface area (Å²) in [7, 11) is -4.37. The molecule has 6 nitrogen and oxygen atoms in total. The Morgan fingerprint density at radius 2 is 2.00 bits per heavy atom. The van der Waals surface area contributed by atoms with Crippen LogP contribution >= 0.6 is 11.6 Å². The van der Waals surface area contributed by atoms with Crippen molar-refractivity contribution >= 4 is 27.4 Å². The highest BCUT2D eigenvalue weighted by atomic mass is 35.5. The fraction of sp³-hybridized carbons (Fsp3) is 0.444. The molecule has 2 rings (SSSR count). The van der Waals surface area contributed by atoms with Crippen LogP contribution in [0.25, 0.3) is 0 Å². The van der Waals surface area contributed by atoms with Gasteiger partial charge in [-0.25, -0.2) is 19.2 Å². The molecule has 0 saturated heterocycles. The van der Waals surface area contributed by atoms with E-state index in [1.165, 1.54) is 0 Å². The first-order valence-corrected chi connectivity index (χ1v) is 7.20. The first-order chi connectivity index (χ1) is 9.11. The molecular weight excluding hydrogens is 321 g/mol. The summed E-state index contributed by atoms with van der Waals surface area (Å²) in [5.74, 6) is 5.08. The topological polar surface area (TPSA) is 97.1 Å². The van der Waals surface area contributed by atoms with Crippen LogP contribution in [-0.2, 0) is 10.0 Å². The monoisotopic (exact) mass is 330 g/mol. The van der Waals surface area contributed by atoms with E-state index in [-0.39, 0.29) is 23.7 Å². The van der Waals surface area contributed by atoms with E-state index in [0.717, 1.165) is 12.3 Å². The maximum absolute atomic E-state index is 12.7. The zero-order valence-electron chi connectivity index (χ0n) is 9.83. The van der Waals surface area contributed by atoms with Crippen molar-refractivity contribution in [2.24, 2.45) is 5.84 Å². The Hall–Kier alpha value is -1.10. The van der Waals surface area contributed by atoms with Crippen LogP contribution in [0.1, 0.15) is 12.8 Å². The van der Waals surface area contributed by atoms with Gasteiger partial charge in [-0.2, -0.15) is 17.9 Å². The van der Waals surface area contributed by atoms with Crippen LogP contribution in [0.3, 0.4) is 0 Å². The van der Waals surface area contributed by atoms with E-state index >= 15 is 0 Å². The van der Waals surface area contributed by atoms with E-state index in [0.29, 0.717) is 0 Å². The van der Waals surface area contributed by atoms with Crippen LogP contribution in [0.5, 0.6) is 0 Å². The van der Waals surface area contributed by atoms with Gasteiger partial charge in [0.2, 0.25) is 10.0 Å². The third-order valence-electron chi connectivity index (χ3n) is 2.89. The number of halogens is 4. The number of nitrogens with one attached hydrogen (secondary N) is 2. The predicted molar refractivity (Wildman–Crippen MR) is 65.4 cm³/mol. The second-order valence-corrected chi connectivity index (χ2v) is 6.42. The van der Waals surface area contributed by atoms with Gasteiger partial charge >= 0.3 is 6.18 Å². The number of hydrazine groups is 1. The highest BCUT2D eigenvalue weighted by Crippen LogP contribution is 2.49. The first-order valence-electron chi connectivity index (χ1n) is 5.34. The van der Waals surface area contributed by atoms with Crippen molar-refractivity contribution in [3.05, 3.63) is 17.3 Å². The molecule has 1 aliphatic carbocycles. The molecule has 1 aromatic heterocycles. The van der Waals surface area contributed by atoms with Crippen molar-refractivity contribution in [1.29, 1.82) is 0 Å². The fourth-order valence-corrected chi connectivity index (χ4v) is 3.26. The van der Waals surface area contributed by atoms with Gasteiger partial charge in [-0.3, -0.25) is 0 Å². The molecule has 11 heteroatoms. The molecule has 1 heterocycles. The molecule has 0 aromatic carbocycles. The lowest BCUT2D eigenvalue weighted by Crippen LogP contribution is -2.47. The van der Waals surface area contributed by atoms with Crippen LogP contribution < -0.4 is 16.0 Å². The number of anilines is 1. The number of nitrogens with zero attached hydrogens (tertiary/aromatic N) is 1. The van der Waals surface area contributed by atoms with E-state index < -0.39 is 26.6 Å². The number of rotatable bonds is 4. The van der Waals surface area contributed by atoms with Gasteiger partial charge in [0.1, 0.15) is 10.4 Å². The van der Waals surface area contributed by atoms with E-state index in [9.17, 15) is 21.6 Å². The molecule has 1 saturated carbocycles. The zero-order valence-corrected chi connectivity index (χ0v) is 11.4. The maximum atomic E-state index is 12.7. The molecule has 0 unspecified atom stereocenters. The third-order valence-corrected chi connectivity index (χ3v) is 4.68. The predicted octanol–water partition coefficient (Wildman–Crippen LogP) is 1.39. The van der Waals surface area contributed by atoms with Crippen molar-refractivity contribution in [3.63, 3.8) is 0 Å². The molecule has 0 spiro atoms. The molecule has 20 heavy (non-hydrogen) atoms. The molecule has 1 aromatic rings. The molecule has 4 N–H and O–H groups in total. The van der Waals surface area contributed by atoms with Gasteiger partial charge in [-0.05, 0) is 18.9 Å². The quantitative estimate of drug-likeness (QED) is 0.572. The second kappa shape index (κ2) is 4.72. The Morgan fingerprint density at radius 3 is 2.40 bits per heavy atom. The lowest BCUT2D eigenvalue weighted by molar-refractivity contribution is -0.160. The van der Waals surface area contributed by atoms with E-state index in [4.69, 9.17) is 17.4 Å². The normalized spacial score (nSPS) is 17.9. The average molecular weight is 331 g/mol. The molecule has 0 amide bonds. The summed E-state index contributed by atoms with van der Waals surface area (Å²) < 4.78 is 63.7. The molecule has 0 atom stereocenters. The number of pyridine rings is 1. The number of alkyl halides is 3. The largest absolute Gasteiger partial charge is 0.407 e. The van der Waals surface area contributed by atoms with Gasteiger partial charge in [-0.15, -0.1) is 0 Å². The Morgan fingerprint density at radius 1 is 1.40 bits per heavy atom. The van der Waals surface area contributed by atoms with E-state index in [1.54, 1.807) is 4.72 Å². The van der Waals surface area contributed by atoms with Gasteiger partial charge in [0.25, 0.3) is 0 Å². The maximum Gasteiger partial charge on any atom is 0.407 e. The number of nitrogen functional groups attached to an aromatic ring is 1. The molecule has 0 radical (unpaired) electrons. The smallest absolute Gasteiger partial charge is 0.307 e. The van der Waals surface area contributed by atoms with Gasteiger partial charge in [-0.1, -0.05) is 11.6 Å². The lowest BCUT2D eigenvalue weighted by atomic mass is 10.3. The van der Waals surface area contributed by atoms with Gasteiger partial charge < -0.3 is 5.43 Å². The summed E-state index contributed by atoms with van der Waals surface area (Å²) in [6.45, 7) is 0. The summed E-state index contributed by atoms with van der Waals surface area (Å²) >= 11 is 5.69. The van der Waals surface area contributed by atoms with Crippen LogP contribution in [0, 0.1) is 0 Å². The molecule has 1 aliphatic rings. The minimum absolute atomic E-state index is 0.0163. The summed E-state index contributed by atoms with van der Waals surface area (Å²) in [6, 6.07) is 0.971. The van der Waals surface area contributed by atoms with Crippen LogP contribution in [0.15, 0.2) is 17.2 Å². The van der Waals surface area contributed by atoms with Crippen LogP contribution in [0.4, 0.5) is 19.0 Å².